The molecule has 1 aromatic carbocycles. The van der Waals surface area contributed by atoms with Gasteiger partial charge in [0, 0.05) is 17.8 Å². The zero-order chi connectivity index (χ0) is 10.1. The number of anilines is 1. The molecule has 4 nitrogen and oxygen atoms in total. The molecular weight excluding hydrogens is 187 g/mol. The molecule has 1 aromatic rings. The van der Waals surface area contributed by atoms with Gasteiger partial charge in [-0.2, -0.15) is 0 Å². The van der Waals surface area contributed by atoms with E-state index in [0.29, 0.717) is 11.7 Å². The average Bonchev–Trinajstić information content (AvgIpc) is 2.92. The maximum absolute atomic E-state index is 12.9. The lowest BCUT2D eigenvalue weighted by Crippen LogP contribution is -2.96. The molecule has 1 aliphatic rings. The zero-order valence-electron chi connectivity index (χ0n) is 7.42. The van der Waals surface area contributed by atoms with E-state index in [1.807, 2.05) is 0 Å². The van der Waals surface area contributed by atoms with Crippen molar-refractivity contribution in [1.29, 1.82) is 0 Å². The largest absolute Gasteiger partial charge is 0.628 e. The van der Waals surface area contributed by atoms with Gasteiger partial charge in [0.2, 0.25) is 0 Å². The summed E-state index contributed by atoms with van der Waals surface area (Å²) >= 11 is 0. The van der Waals surface area contributed by atoms with Crippen LogP contribution < -0.4 is 10.5 Å². The topological polar surface area (TPSA) is 62.6 Å². The lowest BCUT2D eigenvalue weighted by molar-refractivity contribution is -0.716. The van der Waals surface area contributed by atoms with Crippen LogP contribution in [0.2, 0.25) is 0 Å². The highest BCUT2D eigenvalue weighted by molar-refractivity contribution is 5.52. The molecule has 5 heteroatoms. The third-order valence-electron chi connectivity index (χ3n) is 2.13. The van der Waals surface area contributed by atoms with E-state index in [2.05, 4.69) is 5.32 Å². The van der Waals surface area contributed by atoms with Gasteiger partial charge < -0.3 is 21.0 Å². The van der Waals surface area contributed by atoms with Crippen LogP contribution in [-0.2, 0) is 0 Å². The van der Waals surface area contributed by atoms with Gasteiger partial charge in [-0.1, -0.05) is 0 Å². The quantitative estimate of drug-likeness (QED) is 0.708. The first-order chi connectivity index (χ1) is 6.66. The van der Waals surface area contributed by atoms with Crippen molar-refractivity contribution in [3.05, 3.63) is 34.4 Å². The van der Waals surface area contributed by atoms with Gasteiger partial charge in [0.1, 0.15) is 0 Å². The van der Waals surface area contributed by atoms with Gasteiger partial charge in [0.25, 0.3) is 0 Å². The second-order valence-electron chi connectivity index (χ2n) is 3.40. The molecule has 1 saturated carbocycles. The Morgan fingerprint density at radius 1 is 1.36 bits per heavy atom. The molecule has 0 saturated heterocycles. The Morgan fingerprint density at radius 2 is 2.07 bits per heavy atom. The van der Waals surface area contributed by atoms with Crippen molar-refractivity contribution in [1.82, 2.24) is 0 Å². The number of rotatable bonds is 3. The van der Waals surface area contributed by atoms with Gasteiger partial charge in [-0.3, -0.25) is 0 Å². The van der Waals surface area contributed by atoms with Crippen LogP contribution in [0.15, 0.2) is 18.2 Å². The maximum Gasteiger partial charge on any atom is 0.184 e. The van der Waals surface area contributed by atoms with Crippen LogP contribution in [0.5, 0.6) is 0 Å². The molecule has 14 heavy (non-hydrogen) atoms. The van der Waals surface area contributed by atoms with E-state index in [0.717, 1.165) is 18.9 Å². The van der Waals surface area contributed by atoms with E-state index in [1.54, 1.807) is 0 Å². The Kier molecular flexibility index (Phi) is 2.37. The molecule has 0 atom stereocenters. The maximum atomic E-state index is 12.9. The number of quaternary nitrogens is 1. The first-order valence-corrected chi connectivity index (χ1v) is 4.44. The minimum Gasteiger partial charge on any atom is -0.628 e. The molecule has 0 amide bonds. The molecule has 0 unspecified atom stereocenters. The summed E-state index contributed by atoms with van der Waals surface area (Å²) in [5.74, 6) is -0.758. The van der Waals surface area contributed by atoms with Crippen molar-refractivity contribution in [2.75, 3.05) is 5.32 Å². The molecule has 0 spiro atoms. The van der Waals surface area contributed by atoms with Gasteiger partial charge in [0.15, 0.2) is 11.5 Å². The summed E-state index contributed by atoms with van der Waals surface area (Å²) in [5, 5.41) is 22.6. The summed E-state index contributed by atoms with van der Waals surface area (Å²) in [4.78, 5) is 0. The first-order valence-electron chi connectivity index (χ1n) is 4.44. The van der Waals surface area contributed by atoms with Crippen molar-refractivity contribution >= 4 is 11.4 Å². The fourth-order valence-corrected chi connectivity index (χ4v) is 1.23. The molecule has 0 bridgehead atoms. The van der Waals surface area contributed by atoms with Crippen LogP contribution in [0.1, 0.15) is 12.8 Å². The number of nitrogens with one attached hydrogen (secondary N) is 2. The molecular formula is C9H10FN2O2-. The standard InChI is InChI=1S/C9H10FN2O2/c10-8-4-3-7(11-6-1-2-6)5-9(8)12(13)14/h3-6,11-12H,1-2H2/q-1. The van der Waals surface area contributed by atoms with Crippen LogP contribution in [0.25, 0.3) is 0 Å². The van der Waals surface area contributed by atoms with Crippen LogP contribution in [0, 0.1) is 16.2 Å². The highest BCUT2D eigenvalue weighted by Crippen LogP contribution is 2.26. The third kappa shape index (κ3) is 2.01. The Balaban J connectivity index is 2.20. The smallest absolute Gasteiger partial charge is 0.184 e. The van der Waals surface area contributed by atoms with Gasteiger partial charge in [-0.05, 0) is 25.0 Å². The minimum absolute atomic E-state index is 0.393. The molecule has 0 aromatic heterocycles. The lowest BCUT2D eigenvalue weighted by atomic mass is 10.2. The van der Waals surface area contributed by atoms with E-state index >= 15 is 0 Å². The fourth-order valence-electron chi connectivity index (χ4n) is 1.23. The van der Waals surface area contributed by atoms with Crippen molar-refractivity contribution in [2.45, 2.75) is 18.9 Å². The Morgan fingerprint density at radius 3 is 2.64 bits per heavy atom. The number of hydrogen-bond donors (Lipinski definition) is 2. The molecule has 76 valence electrons. The van der Waals surface area contributed by atoms with Crippen LogP contribution in [0.4, 0.5) is 15.8 Å². The predicted molar refractivity (Wildman–Crippen MR) is 50.4 cm³/mol. The van der Waals surface area contributed by atoms with Crippen molar-refractivity contribution < 1.29 is 9.62 Å². The molecule has 0 radical (unpaired) electrons. The van der Waals surface area contributed by atoms with E-state index in [9.17, 15) is 14.8 Å². The SMILES string of the molecule is [O-][NH+]([O-])c1cc(NC2CC2)ccc1F. The summed E-state index contributed by atoms with van der Waals surface area (Å²) in [7, 11) is 0. The molecule has 1 aliphatic carbocycles. The predicted octanol–water partition coefficient (Wildman–Crippen LogP) is 0.912. The summed E-state index contributed by atoms with van der Waals surface area (Å²) in [6, 6.07) is 4.34. The fraction of sp³-hybridized carbons (Fsp3) is 0.333. The molecule has 1 fully saturated rings. The van der Waals surface area contributed by atoms with E-state index < -0.39 is 16.7 Å². The van der Waals surface area contributed by atoms with Crippen molar-refractivity contribution in [3.8, 4) is 0 Å². The molecule has 2 N–H and O–H groups in total. The monoisotopic (exact) mass is 197 g/mol. The summed E-state index contributed by atoms with van der Waals surface area (Å²) < 4.78 is 12.9. The van der Waals surface area contributed by atoms with Crippen LogP contribution >= 0.6 is 0 Å². The lowest BCUT2D eigenvalue weighted by Gasteiger charge is -2.25. The van der Waals surface area contributed by atoms with E-state index in [4.69, 9.17) is 0 Å². The van der Waals surface area contributed by atoms with Crippen LogP contribution in [0.3, 0.4) is 0 Å². The van der Waals surface area contributed by atoms with Gasteiger partial charge in [0.05, 0.1) is 0 Å². The van der Waals surface area contributed by atoms with Gasteiger partial charge in [-0.15, -0.1) is 0 Å². The summed E-state index contributed by atoms with van der Waals surface area (Å²) in [5.41, 5.74) is 0.240. The second-order valence-corrected chi connectivity index (χ2v) is 3.40. The van der Waals surface area contributed by atoms with Gasteiger partial charge in [-0.25, -0.2) is 4.39 Å². The summed E-state index contributed by atoms with van der Waals surface area (Å²) in [6.45, 7) is 0. The van der Waals surface area contributed by atoms with E-state index in [-0.39, 0.29) is 0 Å². The minimum atomic E-state index is -1.48. The zero-order valence-corrected chi connectivity index (χ0v) is 7.42. The van der Waals surface area contributed by atoms with Crippen molar-refractivity contribution in [3.63, 3.8) is 0 Å². The Hall–Kier alpha value is -1.17. The first kappa shape index (κ1) is 9.39. The molecule has 0 aliphatic heterocycles. The van der Waals surface area contributed by atoms with E-state index in [1.165, 1.54) is 12.1 Å². The highest BCUT2D eigenvalue weighted by Gasteiger charge is 2.21. The second kappa shape index (κ2) is 3.53. The molecule has 0 heterocycles. The normalized spacial score (nSPS) is 16.0. The number of benzene rings is 1. The average molecular weight is 197 g/mol. The third-order valence-corrected chi connectivity index (χ3v) is 2.13. The Bertz CT molecular complexity index is 340. The van der Waals surface area contributed by atoms with Crippen molar-refractivity contribution in [2.24, 2.45) is 0 Å². The highest BCUT2D eigenvalue weighted by atomic mass is 19.1. The van der Waals surface area contributed by atoms with Gasteiger partial charge >= 0.3 is 0 Å². The number of hydrogen-bond acceptors (Lipinski definition) is 3. The molecule has 2 rings (SSSR count). The Labute approximate surface area is 80.5 Å². The summed E-state index contributed by atoms with van der Waals surface area (Å²) in [6.07, 6.45) is 2.16. The van der Waals surface area contributed by atoms with Crippen LogP contribution in [-0.4, -0.2) is 6.04 Å². The number of halogens is 1.